The van der Waals surface area contributed by atoms with Gasteiger partial charge in [-0.05, 0) is 56.5 Å². The normalized spacial score (nSPS) is 20.1. The zero-order chi connectivity index (χ0) is 15.2. The highest BCUT2D eigenvalue weighted by molar-refractivity contribution is 5.94. The van der Waals surface area contributed by atoms with Crippen LogP contribution in [0.5, 0.6) is 0 Å². The number of halogens is 1. The molecular weight excluding hydrogens is 304 g/mol. The first kappa shape index (κ1) is 18.5. The molecule has 0 spiro atoms. The zero-order valence-electron chi connectivity index (χ0n) is 12.7. The van der Waals surface area contributed by atoms with Gasteiger partial charge in [-0.2, -0.15) is 0 Å². The van der Waals surface area contributed by atoms with Crippen LogP contribution in [0.4, 0.5) is 5.69 Å². The van der Waals surface area contributed by atoms with E-state index < -0.39 is 0 Å². The largest absolute Gasteiger partial charge is 0.462 e. The van der Waals surface area contributed by atoms with E-state index in [-0.39, 0.29) is 36.1 Å². The first-order valence-corrected chi connectivity index (χ1v) is 7.43. The van der Waals surface area contributed by atoms with E-state index in [1.807, 2.05) is 0 Å². The summed E-state index contributed by atoms with van der Waals surface area (Å²) in [6, 6.07) is 6.75. The van der Waals surface area contributed by atoms with Gasteiger partial charge in [0.1, 0.15) is 0 Å². The molecule has 5 nitrogen and oxygen atoms in total. The van der Waals surface area contributed by atoms with Gasteiger partial charge in [0.15, 0.2) is 0 Å². The highest BCUT2D eigenvalue weighted by atomic mass is 35.5. The van der Waals surface area contributed by atoms with Crippen molar-refractivity contribution in [1.29, 1.82) is 0 Å². The fraction of sp³-hybridized carbons (Fsp3) is 0.500. The van der Waals surface area contributed by atoms with Crippen LogP contribution in [0, 0.1) is 11.8 Å². The van der Waals surface area contributed by atoms with Gasteiger partial charge in [0.05, 0.1) is 12.2 Å². The van der Waals surface area contributed by atoms with Gasteiger partial charge in [-0.1, -0.05) is 6.42 Å². The van der Waals surface area contributed by atoms with Crippen molar-refractivity contribution in [2.24, 2.45) is 17.6 Å². The van der Waals surface area contributed by atoms with Crippen molar-refractivity contribution in [3.8, 4) is 0 Å². The predicted molar refractivity (Wildman–Crippen MR) is 88.2 cm³/mol. The van der Waals surface area contributed by atoms with Crippen LogP contribution in [-0.2, 0) is 9.53 Å². The van der Waals surface area contributed by atoms with E-state index in [1.54, 1.807) is 31.2 Å². The lowest BCUT2D eigenvalue weighted by Crippen LogP contribution is -2.29. The maximum atomic E-state index is 12.2. The molecule has 2 rings (SSSR count). The Hall–Kier alpha value is -1.59. The van der Waals surface area contributed by atoms with E-state index in [0.29, 0.717) is 24.4 Å². The molecule has 0 radical (unpaired) electrons. The number of amides is 1. The summed E-state index contributed by atoms with van der Waals surface area (Å²) in [5.41, 5.74) is 6.88. The van der Waals surface area contributed by atoms with Crippen LogP contribution in [0.2, 0.25) is 0 Å². The second-order valence-corrected chi connectivity index (χ2v) is 5.32. The number of nitrogens with one attached hydrogen (secondary N) is 1. The van der Waals surface area contributed by atoms with Crippen molar-refractivity contribution in [2.45, 2.75) is 26.2 Å². The van der Waals surface area contributed by atoms with Crippen molar-refractivity contribution in [3.05, 3.63) is 29.8 Å². The topological polar surface area (TPSA) is 81.4 Å². The fourth-order valence-electron chi connectivity index (χ4n) is 2.80. The summed E-state index contributed by atoms with van der Waals surface area (Å²) in [7, 11) is 0. The van der Waals surface area contributed by atoms with Crippen LogP contribution in [0.25, 0.3) is 0 Å². The number of hydrogen-bond acceptors (Lipinski definition) is 4. The van der Waals surface area contributed by atoms with Gasteiger partial charge in [-0.15, -0.1) is 12.4 Å². The van der Waals surface area contributed by atoms with Crippen LogP contribution in [0.1, 0.15) is 36.5 Å². The minimum atomic E-state index is -0.352. The summed E-state index contributed by atoms with van der Waals surface area (Å²) < 4.78 is 4.92. The fourth-order valence-corrected chi connectivity index (χ4v) is 2.80. The summed E-state index contributed by atoms with van der Waals surface area (Å²) in [4.78, 5) is 23.8. The minimum Gasteiger partial charge on any atom is -0.462 e. The Morgan fingerprint density at radius 1 is 1.27 bits per heavy atom. The molecule has 0 aromatic heterocycles. The Kier molecular flexibility index (Phi) is 7.35. The third-order valence-corrected chi connectivity index (χ3v) is 3.96. The number of benzene rings is 1. The predicted octanol–water partition coefficient (Wildman–Crippen LogP) is 2.60. The first-order valence-electron chi connectivity index (χ1n) is 7.43. The van der Waals surface area contributed by atoms with Crippen LogP contribution >= 0.6 is 12.4 Å². The monoisotopic (exact) mass is 326 g/mol. The minimum absolute atomic E-state index is 0. The van der Waals surface area contributed by atoms with Crippen LogP contribution in [0.15, 0.2) is 24.3 Å². The van der Waals surface area contributed by atoms with Gasteiger partial charge < -0.3 is 15.8 Å². The van der Waals surface area contributed by atoms with Gasteiger partial charge in [0.25, 0.3) is 0 Å². The maximum Gasteiger partial charge on any atom is 0.338 e. The van der Waals surface area contributed by atoms with E-state index in [2.05, 4.69) is 5.32 Å². The summed E-state index contributed by atoms with van der Waals surface area (Å²) in [6.07, 6.45) is 2.98. The molecule has 1 aliphatic rings. The Balaban J connectivity index is 0.00000242. The van der Waals surface area contributed by atoms with Crippen molar-refractivity contribution in [2.75, 3.05) is 18.5 Å². The average molecular weight is 327 g/mol. The summed E-state index contributed by atoms with van der Waals surface area (Å²) in [6.45, 7) is 2.67. The molecule has 122 valence electrons. The number of hydrogen-bond donors (Lipinski definition) is 2. The number of carbonyl (C=O) groups is 2. The zero-order valence-corrected chi connectivity index (χ0v) is 13.5. The number of ether oxygens (including phenoxy) is 1. The number of nitrogens with two attached hydrogens (primary N) is 1. The average Bonchev–Trinajstić information content (AvgIpc) is 2.97. The molecule has 2 atom stereocenters. The molecule has 1 saturated carbocycles. The smallest absolute Gasteiger partial charge is 0.338 e. The van der Waals surface area contributed by atoms with E-state index in [4.69, 9.17) is 10.5 Å². The van der Waals surface area contributed by atoms with Crippen molar-refractivity contribution in [3.63, 3.8) is 0 Å². The molecule has 1 aromatic rings. The third kappa shape index (κ3) is 4.45. The summed E-state index contributed by atoms with van der Waals surface area (Å²) >= 11 is 0. The maximum absolute atomic E-state index is 12.2. The lowest BCUT2D eigenvalue weighted by atomic mass is 9.95. The number of esters is 1. The van der Waals surface area contributed by atoms with Crippen molar-refractivity contribution >= 4 is 30.0 Å². The molecule has 0 unspecified atom stereocenters. The van der Waals surface area contributed by atoms with Gasteiger partial charge in [-0.3, -0.25) is 4.79 Å². The Labute approximate surface area is 137 Å². The molecule has 0 heterocycles. The van der Waals surface area contributed by atoms with Crippen molar-refractivity contribution < 1.29 is 14.3 Å². The Morgan fingerprint density at radius 3 is 2.55 bits per heavy atom. The quantitative estimate of drug-likeness (QED) is 0.815. The van der Waals surface area contributed by atoms with Crippen LogP contribution < -0.4 is 11.1 Å². The van der Waals surface area contributed by atoms with E-state index in [1.165, 1.54) is 0 Å². The van der Waals surface area contributed by atoms with E-state index in [9.17, 15) is 9.59 Å². The summed E-state index contributed by atoms with van der Waals surface area (Å²) in [5.74, 6) is -0.0512. The van der Waals surface area contributed by atoms with Gasteiger partial charge in [0, 0.05) is 11.6 Å². The molecular formula is C16H23ClN2O3. The number of rotatable bonds is 5. The second-order valence-electron chi connectivity index (χ2n) is 5.32. The molecule has 22 heavy (non-hydrogen) atoms. The molecule has 3 N–H and O–H groups in total. The molecule has 0 bridgehead atoms. The van der Waals surface area contributed by atoms with Crippen molar-refractivity contribution in [1.82, 2.24) is 0 Å². The Morgan fingerprint density at radius 2 is 1.95 bits per heavy atom. The van der Waals surface area contributed by atoms with Gasteiger partial charge >= 0.3 is 5.97 Å². The third-order valence-electron chi connectivity index (χ3n) is 3.96. The molecule has 1 fully saturated rings. The van der Waals surface area contributed by atoms with E-state index >= 15 is 0 Å². The highest BCUT2D eigenvalue weighted by Gasteiger charge is 2.31. The number of carbonyl (C=O) groups excluding carboxylic acids is 2. The number of anilines is 1. The molecule has 0 aliphatic heterocycles. The Bertz CT molecular complexity index is 505. The van der Waals surface area contributed by atoms with Crippen LogP contribution in [-0.4, -0.2) is 25.0 Å². The summed E-state index contributed by atoms with van der Waals surface area (Å²) in [5, 5.41) is 2.90. The molecule has 1 aromatic carbocycles. The SMILES string of the molecule is CCOC(=O)c1ccc(NC(=O)[C@@H]2CCC[C@@H]2CN)cc1.Cl. The second kappa shape index (κ2) is 8.76. The lowest BCUT2D eigenvalue weighted by Gasteiger charge is -2.17. The molecule has 1 aliphatic carbocycles. The molecule has 1 amide bonds. The van der Waals surface area contributed by atoms with E-state index in [0.717, 1.165) is 19.3 Å². The van der Waals surface area contributed by atoms with Crippen LogP contribution in [0.3, 0.4) is 0 Å². The standard InChI is InChI=1S/C16H22N2O3.ClH/c1-2-21-16(20)11-6-8-13(9-7-11)18-15(19)14-5-3-4-12(14)10-17;/h6-9,12,14H,2-5,10,17H2,1H3,(H,18,19);1H/t12-,14-;/m1./s1. The van der Waals surface area contributed by atoms with Gasteiger partial charge in [-0.25, -0.2) is 4.79 Å². The highest BCUT2D eigenvalue weighted by Crippen LogP contribution is 2.31. The lowest BCUT2D eigenvalue weighted by molar-refractivity contribution is -0.120. The molecule has 0 saturated heterocycles. The first-order chi connectivity index (χ1) is 10.2. The molecule has 6 heteroatoms. The van der Waals surface area contributed by atoms with Gasteiger partial charge in [0.2, 0.25) is 5.91 Å².